The number of anilines is 1. The maximum atomic E-state index is 5.62. The fraction of sp³-hybridized carbons (Fsp3) is 0.833. The third kappa shape index (κ3) is 3.39. The van der Waals surface area contributed by atoms with Gasteiger partial charge in [-0.2, -0.15) is 4.37 Å². The number of hydrogen-bond donors (Lipinski definition) is 1. The molecule has 98 valence electrons. The minimum Gasteiger partial charge on any atom is -0.370 e. The van der Waals surface area contributed by atoms with Crippen molar-refractivity contribution in [3.8, 4) is 0 Å². The molecule has 1 aromatic heterocycles. The molecule has 0 aliphatic rings. The van der Waals surface area contributed by atoms with Gasteiger partial charge in [0.15, 0.2) is 5.82 Å². The van der Waals surface area contributed by atoms with Gasteiger partial charge in [0.05, 0.1) is 0 Å². The quantitative estimate of drug-likeness (QED) is 0.814. The molecular formula is C12H23N3OS. The second-order valence-corrected chi connectivity index (χ2v) is 5.36. The zero-order valence-corrected chi connectivity index (χ0v) is 12.2. The Morgan fingerprint density at radius 2 is 2.00 bits per heavy atom. The Morgan fingerprint density at radius 1 is 1.35 bits per heavy atom. The summed E-state index contributed by atoms with van der Waals surface area (Å²) >= 11 is 1.41. The van der Waals surface area contributed by atoms with Crippen molar-refractivity contribution in [1.82, 2.24) is 9.36 Å². The number of rotatable bonds is 7. The van der Waals surface area contributed by atoms with E-state index in [2.05, 4.69) is 42.4 Å². The second-order valence-electron chi connectivity index (χ2n) is 4.60. The Balaban J connectivity index is 2.78. The van der Waals surface area contributed by atoms with Crippen LogP contribution in [0.1, 0.15) is 46.4 Å². The SMILES string of the molecule is CCC(CC)(OC)c1nsc(NCC(C)C)n1. The molecule has 0 bridgehead atoms. The van der Waals surface area contributed by atoms with E-state index in [1.807, 2.05) is 0 Å². The first kappa shape index (κ1) is 14.4. The van der Waals surface area contributed by atoms with E-state index < -0.39 is 0 Å². The average Bonchev–Trinajstić information content (AvgIpc) is 2.79. The number of ether oxygens (including phenoxy) is 1. The van der Waals surface area contributed by atoms with Gasteiger partial charge in [-0.3, -0.25) is 0 Å². The highest BCUT2D eigenvalue weighted by Gasteiger charge is 2.32. The third-order valence-electron chi connectivity index (χ3n) is 3.03. The number of hydrogen-bond acceptors (Lipinski definition) is 5. The molecule has 17 heavy (non-hydrogen) atoms. The monoisotopic (exact) mass is 257 g/mol. The standard InChI is InChI=1S/C12H23N3OS/c1-6-12(7-2,16-5)10-14-11(17-15-10)13-8-9(3)4/h9H,6-8H2,1-5H3,(H,13,14,15). The van der Waals surface area contributed by atoms with Crippen LogP contribution in [0.2, 0.25) is 0 Å². The van der Waals surface area contributed by atoms with E-state index in [1.54, 1.807) is 7.11 Å². The predicted molar refractivity (Wildman–Crippen MR) is 72.5 cm³/mol. The van der Waals surface area contributed by atoms with Crippen molar-refractivity contribution in [2.24, 2.45) is 5.92 Å². The highest BCUT2D eigenvalue weighted by Crippen LogP contribution is 2.31. The molecule has 0 saturated heterocycles. The summed E-state index contributed by atoms with van der Waals surface area (Å²) in [6, 6.07) is 0. The Labute approximate surface area is 108 Å². The molecule has 0 unspecified atom stereocenters. The number of nitrogens with zero attached hydrogens (tertiary/aromatic N) is 2. The fourth-order valence-electron chi connectivity index (χ4n) is 1.72. The van der Waals surface area contributed by atoms with Gasteiger partial charge in [0, 0.05) is 25.2 Å². The summed E-state index contributed by atoms with van der Waals surface area (Å²) in [7, 11) is 1.73. The summed E-state index contributed by atoms with van der Waals surface area (Å²) in [5, 5.41) is 4.18. The van der Waals surface area contributed by atoms with E-state index in [0.29, 0.717) is 5.92 Å². The van der Waals surface area contributed by atoms with Gasteiger partial charge in [-0.05, 0) is 18.8 Å². The summed E-state index contributed by atoms with van der Waals surface area (Å²) in [6.07, 6.45) is 1.78. The molecule has 0 aliphatic carbocycles. The van der Waals surface area contributed by atoms with Crippen LogP contribution in [0.15, 0.2) is 0 Å². The van der Waals surface area contributed by atoms with Crippen LogP contribution in [0.4, 0.5) is 5.13 Å². The van der Waals surface area contributed by atoms with E-state index in [-0.39, 0.29) is 5.60 Å². The number of aromatic nitrogens is 2. The van der Waals surface area contributed by atoms with Crippen molar-refractivity contribution >= 4 is 16.7 Å². The fourth-order valence-corrected chi connectivity index (χ4v) is 2.37. The van der Waals surface area contributed by atoms with Gasteiger partial charge in [-0.1, -0.05) is 27.7 Å². The lowest BCUT2D eigenvalue weighted by Gasteiger charge is -2.26. The van der Waals surface area contributed by atoms with Crippen molar-refractivity contribution < 1.29 is 4.74 Å². The number of methoxy groups -OCH3 is 1. The zero-order chi connectivity index (χ0) is 12.9. The van der Waals surface area contributed by atoms with Crippen molar-refractivity contribution in [2.75, 3.05) is 19.0 Å². The van der Waals surface area contributed by atoms with Crippen molar-refractivity contribution in [3.63, 3.8) is 0 Å². The lowest BCUT2D eigenvalue weighted by Crippen LogP contribution is -2.28. The van der Waals surface area contributed by atoms with Crippen LogP contribution < -0.4 is 5.32 Å². The molecule has 0 spiro atoms. The normalized spacial score (nSPS) is 12.1. The lowest BCUT2D eigenvalue weighted by molar-refractivity contribution is -0.0281. The molecule has 0 aromatic carbocycles. The Hall–Kier alpha value is -0.680. The summed E-state index contributed by atoms with van der Waals surface area (Å²) in [6.45, 7) is 9.48. The highest BCUT2D eigenvalue weighted by molar-refractivity contribution is 7.09. The lowest BCUT2D eigenvalue weighted by atomic mass is 9.96. The molecule has 0 saturated carbocycles. The van der Waals surface area contributed by atoms with Crippen molar-refractivity contribution in [3.05, 3.63) is 5.82 Å². The van der Waals surface area contributed by atoms with Crippen LogP contribution in [0.5, 0.6) is 0 Å². The maximum absolute atomic E-state index is 5.62. The van der Waals surface area contributed by atoms with Gasteiger partial charge in [0.2, 0.25) is 5.13 Å². The molecule has 1 aromatic rings. The zero-order valence-electron chi connectivity index (χ0n) is 11.4. The van der Waals surface area contributed by atoms with E-state index in [9.17, 15) is 0 Å². The average molecular weight is 257 g/mol. The van der Waals surface area contributed by atoms with Crippen LogP contribution in [-0.4, -0.2) is 23.0 Å². The Kier molecular flexibility index (Phi) is 5.33. The molecule has 0 atom stereocenters. The second kappa shape index (κ2) is 6.31. The largest absolute Gasteiger partial charge is 0.370 e. The molecular weight excluding hydrogens is 234 g/mol. The van der Waals surface area contributed by atoms with Crippen LogP contribution >= 0.6 is 11.5 Å². The third-order valence-corrected chi connectivity index (χ3v) is 3.70. The molecule has 0 amide bonds. The topological polar surface area (TPSA) is 47.0 Å². The molecule has 5 heteroatoms. The van der Waals surface area contributed by atoms with E-state index in [1.165, 1.54) is 11.5 Å². The van der Waals surface area contributed by atoms with E-state index >= 15 is 0 Å². The molecule has 0 radical (unpaired) electrons. The first-order chi connectivity index (χ1) is 8.07. The maximum Gasteiger partial charge on any atom is 0.202 e. The van der Waals surface area contributed by atoms with Crippen LogP contribution in [0.3, 0.4) is 0 Å². The highest BCUT2D eigenvalue weighted by atomic mass is 32.1. The van der Waals surface area contributed by atoms with Gasteiger partial charge in [-0.15, -0.1) is 0 Å². The Bertz CT molecular complexity index is 326. The minimum absolute atomic E-state index is 0.325. The molecule has 0 aliphatic heterocycles. The summed E-state index contributed by atoms with van der Waals surface area (Å²) in [5.74, 6) is 1.41. The van der Waals surface area contributed by atoms with Crippen LogP contribution in [0.25, 0.3) is 0 Å². The van der Waals surface area contributed by atoms with E-state index in [0.717, 1.165) is 30.3 Å². The van der Waals surface area contributed by atoms with Crippen molar-refractivity contribution in [1.29, 1.82) is 0 Å². The first-order valence-electron chi connectivity index (χ1n) is 6.21. The van der Waals surface area contributed by atoms with Crippen LogP contribution in [-0.2, 0) is 10.3 Å². The van der Waals surface area contributed by atoms with E-state index in [4.69, 9.17) is 4.74 Å². The van der Waals surface area contributed by atoms with Crippen molar-refractivity contribution in [2.45, 2.75) is 46.1 Å². The van der Waals surface area contributed by atoms with Crippen LogP contribution in [0, 0.1) is 5.92 Å². The van der Waals surface area contributed by atoms with Gasteiger partial charge in [-0.25, -0.2) is 4.98 Å². The molecule has 1 rings (SSSR count). The van der Waals surface area contributed by atoms with Gasteiger partial charge < -0.3 is 10.1 Å². The summed E-state index contributed by atoms with van der Waals surface area (Å²) in [5.41, 5.74) is -0.325. The predicted octanol–water partition coefficient (Wildman–Crippen LogP) is 3.27. The summed E-state index contributed by atoms with van der Waals surface area (Å²) in [4.78, 5) is 4.54. The van der Waals surface area contributed by atoms with Gasteiger partial charge >= 0.3 is 0 Å². The molecule has 1 N–H and O–H groups in total. The summed E-state index contributed by atoms with van der Waals surface area (Å²) < 4.78 is 10.0. The smallest absolute Gasteiger partial charge is 0.202 e. The minimum atomic E-state index is -0.325. The first-order valence-corrected chi connectivity index (χ1v) is 6.98. The molecule has 0 fully saturated rings. The molecule has 4 nitrogen and oxygen atoms in total. The number of nitrogens with one attached hydrogen (secondary N) is 1. The van der Waals surface area contributed by atoms with Gasteiger partial charge in [0.1, 0.15) is 5.60 Å². The Morgan fingerprint density at radius 3 is 2.47 bits per heavy atom. The molecule has 1 heterocycles. The van der Waals surface area contributed by atoms with Gasteiger partial charge in [0.25, 0.3) is 0 Å².